The van der Waals surface area contributed by atoms with E-state index in [1.165, 1.54) is 5.56 Å². The van der Waals surface area contributed by atoms with Crippen molar-refractivity contribution in [2.24, 2.45) is 0 Å². The number of benzene rings is 1. The van der Waals surface area contributed by atoms with Crippen LogP contribution >= 0.6 is 0 Å². The fourth-order valence-corrected chi connectivity index (χ4v) is 2.33. The number of hydrogen-bond acceptors (Lipinski definition) is 2. The zero-order chi connectivity index (χ0) is 10.6. The smallest absolute Gasteiger partial charge is 0.250 e. The Bertz CT molecular complexity index is 449. The first-order valence-electron chi connectivity index (χ1n) is 5.29. The van der Waals surface area contributed by atoms with Gasteiger partial charge in [0.25, 0.3) is 0 Å². The Morgan fingerprint density at radius 1 is 1.40 bits per heavy atom. The summed E-state index contributed by atoms with van der Waals surface area (Å²) in [5.74, 6) is 0.154. The van der Waals surface area contributed by atoms with Crippen LogP contribution in [0.25, 0.3) is 0 Å². The average Bonchev–Trinajstić information content (AvgIpc) is 2.99. The summed E-state index contributed by atoms with van der Waals surface area (Å²) >= 11 is 0. The summed E-state index contributed by atoms with van der Waals surface area (Å²) in [5, 5.41) is 2.99. The predicted molar refractivity (Wildman–Crippen MR) is 60.2 cm³/mol. The second kappa shape index (κ2) is 2.54. The van der Waals surface area contributed by atoms with Gasteiger partial charge >= 0.3 is 0 Å². The second-order valence-electron chi connectivity index (χ2n) is 4.57. The van der Waals surface area contributed by atoms with E-state index in [0.29, 0.717) is 0 Å². The molecule has 1 aliphatic heterocycles. The van der Waals surface area contributed by atoms with Crippen molar-refractivity contribution in [1.29, 1.82) is 0 Å². The fraction of sp³-hybridized carbons (Fsp3) is 0.417. The van der Waals surface area contributed by atoms with Crippen LogP contribution in [-0.2, 0) is 4.79 Å². The maximum Gasteiger partial charge on any atom is 0.250 e. The van der Waals surface area contributed by atoms with Gasteiger partial charge in [-0.2, -0.15) is 0 Å². The number of carbonyl (C=O) groups excluding carboxylic acids is 1. The molecule has 1 aliphatic carbocycles. The van der Waals surface area contributed by atoms with Crippen LogP contribution in [0, 0.1) is 6.92 Å². The molecule has 1 aromatic carbocycles. The minimum Gasteiger partial charge on any atom is -0.358 e. The molecule has 0 aromatic heterocycles. The summed E-state index contributed by atoms with van der Waals surface area (Å²) < 4.78 is 0. The third-order valence-corrected chi connectivity index (χ3v) is 3.55. The van der Waals surface area contributed by atoms with Crippen LogP contribution in [0.1, 0.15) is 18.4 Å². The molecule has 0 atom stereocenters. The SMILES string of the molecule is Cc1ccc2c(c1)N(C)C1(CC1)C(=O)N2. The molecule has 2 aliphatic rings. The minimum atomic E-state index is -0.235. The van der Waals surface area contributed by atoms with Crippen molar-refractivity contribution in [3.63, 3.8) is 0 Å². The Morgan fingerprint density at radius 2 is 2.13 bits per heavy atom. The number of hydrogen-bond donors (Lipinski definition) is 1. The van der Waals surface area contributed by atoms with Gasteiger partial charge in [0.1, 0.15) is 5.54 Å². The van der Waals surface area contributed by atoms with E-state index < -0.39 is 0 Å². The largest absolute Gasteiger partial charge is 0.358 e. The van der Waals surface area contributed by atoms with Crippen molar-refractivity contribution in [3.05, 3.63) is 23.8 Å². The van der Waals surface area contributed by atoms with Crippen molar-refractivity contribution in [2.45, 2.75) is 25.3 Å². The van der Waals surface area contributed by atoms with E-state index in [0.717, 1.165) is 24.2 Å². The summed E-state index contributed by atoms with van der Waals surface area (Å²) in [4.78, 5) is 14.0. The number of rotatable bonds is 0. The third kappa shape index (κ3) is 1.03. The molecule has 1 heterocycles. The lowest BCUT2D eigenvalue weighted by Crippen LogP contribution is -2.48. The summed E-state index contributed by atoms with van der Waals surface area (Å²) in [6.07, 6.45) is 1.95. The lowest BCUT2D eigenvalue weighted by molar-refractivity contribution is -0.118. The number of aryl methyl sites for hydroxylation is 1. The lowest BCUT2D eigenvalue weighted by atomic mass is 10.1. The Kier molecular flexibility index (Phi) is 1.48. The van der Waals surface area contributed by atoms with E-state index in [9.17, 15) is 4.79 Å². The Hall–Kier alpha value is -1.51. The van der Waals surface area contributed by atoms with Gasteiger partial charge in [-0.25, -0.2) is 0 Å². The normalized spacial score (nSPS) is 21.2. The number of nitrogens with zero attached hydrogens (tertiary/aromatic N) is 1. The highest BCUT2D eigenvalue weighted by Crippen LogP contribution is 2.49. The van der Waals surface area contributed by atoms with Gasteiger partial charge in [0.2, 0.25) is 5.91 Å². The number of anilines is 2. The topological polar surface area (TPSA) is 32.3 Å². The molecule has 3 nitrogen and oxygen atoms in total. The van der Waals surface area contributed by atoms with E-state index in [-0.39, 0.29) is 11.4 Å². The first-order valence-corrected chi connectivity index (χ1v) is 5.29. The molecule has 1 aromatic rings. The van der Waals surface area contributed by atoms with Gasteiger partial charge in [-0.3, -0.25) is 4.79 Å². The molecule has 15 heavy (non-hydrogen) atoms. The standard InChI is InChI=1S/C12H14N2O/c1-8-3-4-9-10(7-8)14(2)12(5-6-12)11(15)13-9/h3-4,7H,5-6H2,1-2H3,(H,13,15). The van der Waals surface area contributed by atoms with E-state index >= 15 is 0 Å². The molecule has 1 amide bonds. The van der Waals surface area contributed by atoms with Crippen LogP contribution < -0.4 is 10.2 Å². The molecule has 3 rings (SSSR count). The van der Waals surface area contributed by atoms with Crippen molar-refractivity contribution in [2.75, 3.05) is 17.3 Å². The molecule has 1 fully saturated rings. The van der Waals surface area contributed by atoms with Gasteiger partial charge in [0.05, 0.1) is 11.4 Å². The summed E-state index contributed by atoms with van der Waals surface area (Å²) in [7, 11) is 2.02. The van der Waals surface area contributed by atoms with E-state index in [2.05, 4.69) is 23.2 Å². The van der Waals surface area contributed by atoms with Crippen LogP contribution in [0.3, 0.4) is 0 Å². The molecule has 78 valence electrons. The highest BCUT2D eigenvalue weighted by molar-refractivity contribution is 6.08. The third-order valence-electron chi connectivity index (χ3n) is 3.55. The highest BCUT2D eigenvalue weighted by Gasteiger charge is 2.55. The van der Waals surface area contributed by atoms with Gasteiger partial charge < -0.3 is 10.2 Å². The van der Waals surface area contributed by atoms with Crippen LogP contribution in [0.2, 0.25) is 0 Å². The van der Waals surface area contributed by atoms with Gasteiger partial charge in [-0.15, -0.1) is 0 Å². The lowest BCUT2D eigenvalue weighted by Gasteiger charge is -2.35. The number of nitrogens with one attached hydrogen (secondary N) is 1. The van der Waals surface area contributed by atoms with E-state index in [1.54, 1.807) is 0 Å². The zero-order valence-corrected chi connectivity index (χ0v) is 9.00. The zero-order valence-electron chi connectivity index (χ0n) is 9.00. The molecular weight excluding hydrogens is 188 g/mol. The van der Waals surface area contributed by atoms with Crippen molar-refractivity contribution in [3.8, 4) is 0 Å². The van der Waals surface area contributed by atoms with Crippen LogP contribution in [0.15, 0.2) is 18.2 Å². The highest BCUT2D eigenvalue weighted by atomic mass is 16.2. The molecule has 0 radical (unpaired) electrons. The maximum atomic E-state index is 11.9. The fourth-order valence-electron chi connectivity index (χ4n) is 2.33. The molecule has 1 saturated carbocycles. The van der Waals surface area contributed by atoms with Crippen LogP contribution in [0.4, 0.5) is 11.4 Å². The second-order valence-corrected chi connectivity index (χ2v) is 4.57. The Labute approximate surface area is 89.1 Å². The van der Waals surface area contributed by atoms with Crippen LogP contribution in [-0.4, -0.2) is 18.5 Å². The quantitative estimate of drug-likeness (QED) is 0.697. The number of likely N-dealkylation sites (N-methyl/N-ethyl adjacent to an activating group) is 1. The summed E-state index contributed by atoms with van der Waals surface area (Å²) in [6.45, 7) is 2.07. The minimum absolute atomic E-state index is 0.154. The van der Waals surface area contributed by atoms with Crippen molar-refractivity contribution < 1.29 is 4.79 Å². The molecular formula is C12H14N2O. The average molecular weight is 202 g/mol. The summed E-state index contributed by atoms with van der Waals surface area (Å²) in [5.41, 5.74) is 3.08. The maximum absolute atomic E-state index is 11.9. The molecule has 0 bridgehead atoms. The Morgan fingerprint density at radius 3 is 2.80 bits per heavy atom. The molecule has 3 heteroatoms. The van der Waals surface area contributed by atoms with E-state index in [4.69, 9.17) is 0 Å². The molecule has 1 N–H and O–H groups in total. The first-order chi connectivity index (χ1) is 7.13. The first kappa shape index (κ1) is 8.77. The van der Waals surface area contributed by atoms with Gasteiger partial charge in [0, 0.05) is 7.05 Å². The molecule has 0 unspecified atom stereocenters. The molecule has 0 saturated heterocycles. The van der Waals surface area contributed by atoms with Gasteiger partial charge in [0.15, 0.2) is 0 Å². The Balaban J connectivity index is 2.14. The number of carbonyl (C=O) groups is 1. The van der Waals surface area contributed by atoms with Crippen LogP contribution in [0.5, 0.6) is 0 Å². The number of amides is 1. The van der Waals surface area contributed by atoms with Gasteiger partial charge in [-0.1, -0.05) is 6.07 Å². The van der Waals surface area contributed by atoms with E-state index in [1.807, 2.05) is 19.2 Å². The monoisotopic (exact) mass is 202 g/mol. The van der Waals surface area contributed by atoms with Crippen molar-refractivity contribution >= 4 is 17.3 Å². The summed E-state index contributed by atoms with van der Waals surface area (Å²) in [6, 6.07) is 6.14. The predicted octanol–water partition coefficient (Wildman–Crippen LogP) is 1.92. The van der Waals surface area contributed by atoms with Crippen molar-refractivity contribution in [1.82, 2.24) is 0 Å². The number of fused-ring (bicyclic) bond motifs is 1. The molecule has 1 spiro atoms. The van der Waals surface area contributed by atoms with Gasteiger partial charge in [-0.05, 0) is 37.5 Å².